The van der Waals surface area contributed by atoms with E-state index in [1.54, 1.807) is 6.26 Å². The second kappa shape index (κ2) is 5.40. The van der Waals surface area contributed by atoms with Crippen molar-refractivity contribution in [1.29, 1.82) is 0 Å². The summed E-state index contributed by atoms with van der Waals surface area (Å²) in [5.74, 6) is 1.03. The van der Waals surface area contributed by atoms with E-state index >= 15 is 0 Å². The predicted molar refractivity (Wildman–Crippen MR) is 73.2 cm³/mol. The molecule has 0 unspecified atom stereocenters. The molecule has 2 aromatic rings. The van der Waals surface area contributed by atoms with Gasteiger partial charge in [0.1, 0.15) is 13.1 Å². The minimum atomic E-state index is 0.233. The fraction of sp³-hybridized carbons (Fsp3) is 0.375. The van der Waals surface area contributed by atoms with Gasteiger partial charge in [0.15, 0.2) is 5.76 Å². The molecule has 2 heteroatoms. The monoisotopic (exact) mass is 244 g/mol. The van der Waals surface area contributed by atoms with E-state index < -0.39 is 0 Å². The molecule has 0 radical (unpaired) electrons. The Morgan fingerprint density at radius 2 is 1.72 bits per heavy atom. The van der Waals surface area contributed by atoms with Crippen molar-refractivity contribution in [2.45, 2.75) is 39.3 Å². The van der Waals surface area contributed by atoms with Gasteiger partial charge in [0, 0.05) is 5.56 Å². The summed E-state index contributed by atoms with van der Waals surface area (Å²) in [6, 6.07) is 12.9. The molecule has 0 aliphatic carbocycles. The summed E-state index contributed by atoms with van der Waals surface area (Å²) in [5.41, 5.74) is 2.97. The molecule has 0 bridgehead atoms. The molecular formula is C16H22NO+. The zero-order valence-corrected chi connectivity index (χ0v) is 11.4. The van der Waals surface area contributed by atoms with Crippen LogP contribution < -0.4 is 5.32 Å². The lowest BCUT2D eigenvalue weighted by Gasteiger charge is -2.18. The van der Waals surface area contributed by atoms with Gasteiger partial charge in [-0.15, -0.1) is 0 Å². The first kappa shape index (κ1) is 12.9. The molecule has 2 N–H and O–H groups in total. The average Bonchev–Trinajstić information content (AvgIpc) is 2.82. The van der Waals surface area contributed by atoms with Crippen LogP contribution >= 0.6 is 0 Å². The first-order valence-corrected chi connectivity index (χ1v) is 6.49. The van der Waals surface area contributed by atoms with Gasteiger partial charge in [-0.3, -0.25) is 0 Å². The van der Waals surface area contributed by atoms with Crippen molar-refractivity contribution in [3.8, 4) is 0 Å². The van der Waals surface area contributed by atoms with Crippen molar-refractivity contribution in [2.24, 2.45) is 0 Å². The van der Waals surface area contributed by atoms with Gasteiger partial charge in [-0.2, -0.15) is 0 Å². The number of hydrogen-bond donors (Lipinski definition) is 1. The molecule has 1 heterocycles. The van der Waals surface area contributed by atoms with Gasteiger partial charge in [-0.25, -0.2) is 0 Å². The Morgan fingerprint density at radius 3 is 2.28 bits per heavy atom. The lowest BCUT2D eigenvalue weighted by atomic mass is 9.87. The van der Waals surface area contributed by atoms with Crippen LogP contribution in [-0.2, 0) is 18.5 Å². The van der Waals surface area contributed by atoms with E-state index in [4.69, 9.17) is 4.42 Å². The molecule has 18 heavy (non-hydrogen) atoms. The molecule has 1 aromatic carbocycles. The minimum Gasteiger partial charge on any atom is -0.463 e. The number of hydrogen-bond acceptors (Lipinski definition) is 1. The molecule has 0 saturated heterocycles. The van der Waals surface area contributed by atoms with E-state index in [-0.39, 0.29) is 5.41 Å². The summed E-state index contributed by atoms with van der Waals surface area (Å²) < 4.78 is 5.30. The number of furan rings is 1. The third-order valence-electron chi connectivity index (χ3n) is 3.13. The second-order valence-electron chi connectivity index (χ2n) is 5.72. The maximum atomic E-state index is 5.30. The highest BCUT2D eigenvalue weighted by molar-refractivity contribution is 5.26. The molecule has 1 aromatic heterocycles. The quantitative estimate of drug-likeness (QED) is 0.880. The van der Waals surface area contributed by atoms with Gasteiger partial charge in [0.2, 0.25) is 0 Å². The molecule has 0 fully saturated rings. The van der Waals surface area contributed by atoms with Gasteiger partial charge in [-0.05, 0) is 23.1 Å². The Bertz CT molecular complexity index is 463. The van der Waals surface area contributed by atoms with Crippen molar-refractivity contribution >= 4 is 0 Å². The summed E-state index contributed by atoms with van der Waals surface area (Å²) >= 11 is 0. The summed E-state index contributed by atoms with van der Waals surface area (Å²) in [6.45, 7) is 8.61. The first-order valence-electron chi connectivity index (χ1n) is 6.49. The maximum Gasteiger partial charge on any atom is 0.157 e. The Kier molecular flexibility index (Phi) is 3.87. The fourth-order valence-electron chi connectivity index (χ4n) is 1.95. The van der Waals surface area contributed by atoms with Crippen LogP contribution in [0.2, 0.25) is 0 Å². The van der Waals surface area contributed by atoms with E-state index in [1.165, 1.54) is 11.1 Å². The minimum absolute atomic E-state index is 0.233. The average molecular weight is 244 g/mol. The largest absolute Gasteiger partial charge is 0.463 e. The topological polar surface area (TPSA) is 29.8 Å². The molecule has 96 valence electrons. The fourth-order valence-corrected chi connectivity index (χ4v) is 1.95. The standard InChI is InChI=1S/C16H21NO/c1-16(2,3)14-8-6-13(7-9-14)11-17-12-15-5-4-10-18-15/h4-10,17H,11-12H2,1-3H3/p+1. The van der Waals surface area contributed by atoms with Crippen LogP contribution in [0, 0.1) is 0 Å². The molecular weight excluding hydrogens is 222 g/mol. The van der Waals surface area contributed by atoms with Crippen LogP contribution in [0.25, 0.3) is 0 Å². The smallest absolute Gasteiger partial charge is 0.157 e. The Labute approximate surface area is 109 Å². The van der Waals surface area contributed by atoms with Gasteiger partial charge in [-0.1, -0.05) is 45.0 Å². The van der Waals surface area contributed by atoms with Gasteiger partial charge in [0.25, 0.3) is 0 Å². The lowest BCUT2D eigenvalue weighted by molar-refractivity contribution is -0.687. The number of quaternary nitrogens is 1. The van der Waals surface area contributed by atoms with Crippen LogP contribution in [0.4, 0.5) is 0 Å². The SMILES string of the molecule is CC(C)(C)c1ccc(C[NH2+]Cc2ccco2)cc1. The normalized spacial score (nSPS) is 11.7. The molecule has 0 amide bonds. The van der Waals surface area contributed by atoms with Crippen molar-refractivity contribution in [3.63, 3.8) is 0 Å². The van der Waals surface area contributed by atoms with Gasteiger partial charge in [0.05, 0.1) is 6.26 Å². The lowest BCUT2D eigenvalue weighted by Crippen LogP contribution is -2.80. The van der Waals surface area contributed by atoms with Crippen molar-refractivity contribution in [1.82, 2.24) is 0 Å². The summed E-state index contributed by atoms with van der Waals surface area (Å²) in [4.78, 5) is 0. The molecule has 0 spiro atoms. The Morgan fingerprint density at radius 1 is 1.00 bits per heavy atom. The van der Waals surface area contributed by atoms with Crippen LogP contribution in [0.3, 0.4) is 0 Å². The van der Waals surface area contributed by atoms with Crippen LogP contribution in [0.15, 0.2) is 47.1 Å². The molecule has 0 aliphatic heterocycles. The zero-order valence-electron chi connectivity index (χ0n) is 11.4. The van der Waals surface area contributed by atoms with Crippen molar-refractivity contribution in [2.75, 3.05) is 0 Å². The van der Waals surface area contributed by atoms with Gasteiger partial charge < -0.3 is 9.73 Å². The Hall–Kier alpha value is -1.54. The number of rotatable bonds is 4. The van der Waals surface area contributed by atoms with Crippen LogP contribution in [0.5, 0.6) is 0 Å². The molecule has 2 nitrogen and oxygen atoms in total. The van der Waals surface area contributed by atoms with E-state index in [0.29, 0.717) is 0 Å². The van der Waals surface area contributed by atoms with E-state index in [1.807, 2.05) is 12.1 Å². The van der Waals surface area contributed by atoms with E-state index in [0.717, 1.165) is 18.8 Å². The van der Waals surface area contributed by atoms with E-state index in [9.17, 15) is 0 Å². The van der Waals surface area contributed by atoms with Gasteiger partial charge >= 0.3 is 0 Å². The summed E-state index contributed by atoms with van der Waals surface area (Å²) in [5, 5.41) is 2.25. The second-order valence-corrected chi connectivity index (χ2v) is 5.72. The number of nitrogens with two attached hydrogens (primary N) is 1. The molecule has 0 atom stereocenters. The molecule has 2 rings (SSSR count). The number of benzene rings is 1. The maximum absolute atomic E-state index is 5.30. The summed E-state index contributed by atoms with van der Waals surface area (Å²) in [7, 11) is 0. The Balaban J connectivity index is 1.87. The zero-order chi connectivity index (χ0) is 13.0. The molecule has 0 saturated carbocycles. The third kappa shape index (κ3) is 3.47. The molecule has 0 aliphatic rings. The highest BCUT2D eigenvalue weighted by atomic mass is 16.3. The third-order valence-corrected chi connectivity index (χ3v) is 3.13. The summed E-state index contributed by atoms with van der Waals surface area (Å²) in [6.07, 6.45) is 1.72. The first-order chi connectivity index (χ1) is 8.55. The highest BCUT2D eigenvalue weighted by Crippen LogP contribution is 2.21. The van der Waals surface area contributed by atoms with Crippen LogP contribution in [0.1, 0.15) is 37.7 Å². The predicted octanol–water partition coefficient (Wildman–Crippen LogP) is 2.84. The highest BCUT2D eigenvalue weighted by Gasteiger charge is 2.12. The van der Waals surface area contributed by atoms with Crippen molar-refractivity contribution < 1.29 is 9.73 Å². The van der Waals surface area contributed by atoms with Crippen LogP contribution in [-0.4, -0.2) is 0 Å². The van der Waals surface area contributed by atoms with Crippen molar-refractivity contribution in [3.05, 3.63) is 59.5 Å². The van der Waals surface area contributed by atoms with E-state index in [2.05, 4.69) is 50.4 Å².